The lowest BCUT2D eigenvalue weighted by Gasteiger charge is -2.05. The Morgan fingerprint density at radius 2 is 1.93 bits per heavy atom. The van der Waals surface area contributed by atoms with Gasteiger partial charge in [0.25, 0.3) is 5.69 Å². The normalized spacial score (nSPS) is 12.1. The number of hydrogen-bond donors (Lipinski definition) is 2. The van der Waals surface area contributed by atoms with Crippen molar-refractivity contribution in [1.29, 1.82) is 5.26 Å². The minimum atomic E-state index is -5.03. The highest BCUT2D eigenvalue weighted by atomic mass is 19.4. The van der Waals surface area contributed by atoms with Crippen LogP contribution in [-0.2, 0) is 9.59 Å². The lowest BCUT2D eigenvalue weighted by atomic mass is 10.2. The zero-order chi connectivity index (χ0) is 20.6. The van der Waals surface area contributed by atoms with E-state index in [-0.39, 0.29) is 17.1 Å². The van der Waals surface area contributed by atoms with Crippen molar-refractivity contribution in [3.63, 3.8) is 0 Å². The maximum atomic E-state index is 12.1. The monoisotopic (exact) mass is 384 g/mol. The van der Waals surface area contributed by atoms with Crippen LogP contribution in [0.25, 0.3) is 0 Å². The molecule has 0 spiro atoms. The summed E-state index contributed by atoms with van der Waals surface area (Å²) in [5.41, 5.74) is 2.33. The number of carbonyl (C=O) groups is 2. The molecule has 0 fully saturated rings. The highest BCUT2D eigenvalue weighted by molar-refractivity contribution is 6.45. The number of amides is 1. The molecule has 10 nitrogen and oxygen atoms in total. The lowest BCUT2D eigenvalue weighted by Crippen LogP contribution is -2.29. The number of nitrogens with zero attached hydrogens (tertiary/aromatic N) is 4. The summed E-state index contributed by atoms with van der Waals surface area (Å²) in [6, 6.07) is 6.68. The fourth-order valence-corrected chi connectivity index (χ4v) is 1.54. The third-order valence-electron chi connectivity index (χ3n) is 2.79. The molecule has 27 heavy (non-hydrogen) atoms. The van der Waals surface area contributed by atoms with Gasteiger partial charge < -0.3 is 0 Å². The van der Waals surface area contributed by atoms with Gasteiger partial charge in [0.1, 0.15) is 11.8 Å². The summed E-state index contributed by atoms with van der Waals surface area (Å²) >= 11 is 0. The molecule has 0 radical (unpaired) electrons. The fraction of sp³-hybridized carbons (Fsp3) is 0.214. The van der Waals surface area contributed by atoms with Crippen LogP contribution in [0.2, 0.25) is 0 Å². The molecule has 1 amide bonds. The number of hydrogen-bond acceptors (Lipinski definition) is 8. The third kappa shape index (κ3) is 6.53. The van der Waals surface area contributed by atoms with Gasteiger partial charge in [0.2, 0.25) is 11.5 Å². The van der Waals surface area contributed by atoms with Gasteiger partial charge in [-0.25, -0.2) is 5.43 Å². The molecule has 0 unspecified atom stereocenters. The number of nitro groups is 1. The number of nitriles is 1. The molecule has 0 bridgehead atoms. The van der Waals surface area contributed by atoms with E-state index < -0.39 is 34.9 Å². The number of nitrogens with one attached hydrogen (secondary N) is 2. The average Bonchev–Trinajstić information content (AvgIpc) is 2.59. The summed E-state index contributed by atoms with van der Waals surface area (Å²) in [5.74, 6) is -3.24. The van der Waals surface area contributed by atoms with Crippen molar-refractivity contribution in [2.45, 2.75) is 19.5 Å². The van der Waals surface area contributed by atoms with Crippen LogP contribution in [0.3, 0.4) is 0 Å². The summed E-state index contributed by atoms with van der Waals surface area (Å²) in [6.45, 7) is 1.07. The van der Waals surface area contributed by atoms with Gasteiger partial charge in [0.05, 0.1) is 11.3 Å². The van der Waals surface area contributed by atoms with Crippen molar-refractivity contribution in [2.24, 2.45) is 10.2 Å². The van der Waals surface area contributed by atoms with Crippen LogP contribution < -0.4 is 10.9 Å². The molecule has 0 atom stereocenters. The van der Waals surface area contributed by atoms with Crippen molar-refractivity contribution in [2.75, 3.05) is 5.43 Å². The number of rotatable bonds is 7. The maximum Gasteiger partial charge on any atom is 0.450 e. The second kappa shape index (κ2) is 9.04. The number of benzene rings is 1. The Hall–Kier alpha value is -3.82. The first-order chi connectivity index (χ1) is 12.6. The Morgan fingerprint density at radius 1 is 1.30 bits per heavy atom. The molecule has 0 aliphatic rings. The molecule has 0 saturated heterocycles. The molecule has 0 heterocycles. The van der Waals surface area contributed by atoms with E-state index in [9.17, 15) is 32.9 Å². The van der Waals surface area contributed by atoms with E-state index in [0.717, 1.165) is 13.0 Å². The minimum absolute atomic E-state index is 0.0986. The van der Waals surface area contributed by atoms with E-state index >= 15 is 0 Å². The molecule has 0 saturated carbocycles. The van der Waals surface area contributed by atoms with Crippen LogP contribution in [0, 0.1) is 21.4 Å². The second-order valence-electron chi connectivity index (χ2n) is 4.84. The standard InChI is InChI=1S/C14H11F3N6O4/c1-8(6-12(24)14(15,16)17)19-22-13(25)10(7-18)21-20-9-4-2-3-5-11(9)23(26)27/h2-5,20H,6H2,1H3,(H,22,25)/b19-8+,21-10+. The SMILES string of the molecule is C/C(CC(=O)C(F)(F)F)=N\NC(=O)/C(C#N)=N/Nc1ccccc1[N+](=O)[O-]. The predicted molar refractivity (Wildman–Crippen MR) is 86.7 cm³/mol. The van der Waals surface area contributed by atoms with Crippen molar-refractivity contribution in [1.82, 2.24) is 5.43 Å². The van der Waals surface area contributed by atoms with Crippen molar-refractivity contribution in [3.05, 3.63) is 34.4 Å². The largest absolute Gasteiger partial charge is 0.450 e. The average molecular weight is 384 g/mol. The Morgan fingerprint density at radius 3 is 2.48 bits per heavy atom. The smallest absolute Gasteiger partial charge is 0.289 e. The highest BCUT2D eigenvalue weighted by Gasteiger charge is 2.38. The Labute approximate surface area is 149 Å². The van der Waals surface area contributed by atoms with Crippen LogP contribution in [0.1, 0.15) is 13.3 Å². The summed E-state index contributed by atoms with van der Waals surface area (Å²) in [4.78, 5) is 32.7. The Balaban J connectivity index is 2.82. The number of anilines is 1. The third-order valence-corrected chi connectivity index (χ3v) is 2.79. The van der Waals surface area contributed by atoms with E-state index in [1.165, 1.54) is 24.3 Å². The topological polar surface area (TPSA) is 150 Å². The predicted octanol–water partition coefficient (Wildman–Crippen LogP) is 1.90. The highest BCUT2D eigenvalue weighted by Crippen LogP contribution is 2.23. The van der Waals surface area contributed by atoms with E-state index in [1.807, 2.05) is 0 Å². The van der Waals surface area contributed by atoms with Gasteiger partial charge in [0.15, 0.2) is 0 Å². The molecule has 0 aliphatic carbocycles. The number of halogens is 3. The molecule has 1 aromatic rings. The molecule has 1 aromatic carbocycles. The van der Waals surface area contributed by atoms with E-state index in [0.29, 0.717) is 0 Å². The van der Waals surface area contributed by atoms with E-state index in [2.05, 4.69) is 15.6 Å². The van der Waals surface area contributed by atoms with Gasteiger partial charge >= 0.3 is 12.1 Å². The summed E-state index contributed by atoms with van der Waals surface area (Å²) < 4.78 is 36.4. The molecular weight excluding hydrogens is 373 g/mol. The quantitative estimate of drug-likeness (QED) is 0.416. The lowest BCUT2D eigenvalue weighted by molar-refractivity contribution is -0.384. The number of para-hydroxylation sites is 2. The molecule has 1 rings (SSSR count). The molecule has 0 aliphatic heterocycles. The first-order valence-corrected chi connectivity index (χ1v) is 6.97. The van der Waals surface area contributed by atoms with Crippen molar-refractivity contribution >= 4 is 34.5 Å². The number of hydrazone groups is 2. The number of carbonyl (C=O) groups excluding carboxylic acids is 2. The number of Topliss-reactive ketones (excluding diaryl/α,β-unsaturated/α-hetero) is 1. The van der Waals surface area contributed by atoms with Crippen molar-refractivity contribution < 1.29 is 27.7 Å². The van der Waals surface area contributed by atoms with Crippen LogP contribution >= 0.6 is 0 Å². The molecule has 2 N–H and O–H groups in total. The molecule has 0 aromatic heterocycles. The van der Waals surface area contributed by atoms with E-state index in [4.69, 9.17) is 5.26 Å². The molecular formula is C14H11F3N6O4. The van der Waals surface area contributed by atoms with Gasteiger partial charge in [0, 0.05) is 11.8 Å². The van der Waals surface area contributed by atoms with Gasteiger partial charge in [-0.1, -0.05) is 12.1 Å². The van der Waals surface area contributed by atoms with Gasteiger partial charge in [-0.3, -0.25) is 25.1 Å². The first-order valence-electron chi connectivity index (χ1n) is 6.97. The second-order valence-corrected chi connectivity index (χ2v) is 4.84. The van der Waals surface area contributed by atoms with Crippen LogP contribution in [0.5, 0.6) is 0 Å². The van der Waals surface area contributed by atoms with Gasteiger partial charge in [-0.2, -0.15) is 28.6 Å². The number of nitro benzene ring substituents is 1. The molecule has 13 heteroatoms. The molecule has 142 valence electrons. The maximum absolute atomic E-state index is 12.1. The number of ketones is 1. The number of alkyl halides is 3. The van der Waals surface area contributed by atoms with Crippen LogP contribution in [0.4, 0.5) is 24.5 Å². The Bertz CT molecular complexity index is 857. The van der Waals surface area contributed by atoms with Gasteiger partial charge in [-0.05, 0) is 13.0 Å². The zero-order valence-electron chi connectivity index (χ0n) is 13.6. The van der Waals surface area contributed by atoms with Crippen LogP contribution in [0.15, 0.2) is 34.5 Å². The zero-order valence-corrected chi connectivity index (χ0v) is 13.6. The fourth-order valence-electron chi connectivity index (χ4n) is 1.54. The minimum Gasteiger partial charge on any atom is -0.289 e. The van der Waals surface area contributed by atoms with Gasteiger partial charge in [-0.15, -0.1) is 0 Å². The first kappa shape index (κ1) is 21.2. The summed E-state index contributed by atoms with van der Waals surface area (Å²) in [7, 11) is 0. The van der Waals surface area contributed by atoms with Crippen LogP contribution in [-0.4, -0.2) is 34.2 Å². The summed E-state index contributed by atoms with van der Waals surface area (Å²) in [5, 5.41) is 26.4. The summed E-state index contributed by atoms with van der Waals surface area (Å²) in [6.07, 6.45) is -6.11. The van der Waals surface area contributed by atoms with Crippen molar-refractivity contribution in [3.8, 4) is 6.07 Å². The van der Waals surface area contributed by atoms with E-state index in [1.54, 1.807) is 5.43 Å². The Kier molecular flexibility index (Phi) is 7.10.